The fourth-order valence-electron chi connectivity index (χ4n) is 1.84. The summed E-state index contributed by atoms with van der Waals surface area (Å²) in [5.41, 5.74) is 4.93. The van der Waals surface area contributed by atoms with Gasteiger partial charge in [0.05, 0.1) is 12.6 Å². The lowest BCUT2D eigenvalue weighted by Crippen LogP contribution is -2.47. The van der Waals surface area contributed by atoms with Gasteiger partial charge in [-0.25, -0.2) is 13.6 Å². The first-order valence-corrected chi connectivity index (χ1v) is 5.65. The molecule has 1 rings (SSSR count). The molecule has 0 spiro atoms. The van der Waals surface area contributed by atoms with Gasteiger partial charge in [0, 0.05) is 12.5 Å². The topological polar surface area (TPSA) is 55.6 Å². The van der Waals surface area contributed by atoms with Crippen molar-refractivity contribution in [2.75, 3.05) is 6.54 Å². The minimum atomic E-state index is -2.88. The Hall–Kier alpha value is -0.910. The molecule has 2 N–H and O–H groups in total. The number of carbonyl (C=O) groups excluding carboxylic acids is 1. The first-order chi connectivity index (χ1) is 7.52. The van der Waals surface area contributed by atoms with E-state index in [9.17, 15) is 13.6 Å². The molecule has 2 atom stereocenters. The Morgan fingerprint density at radius 1 is 1.53 bits per heavy atom. The van der Waals surface area contributed by atoms with Crippen LogP contribution < -0.4 is 5.73 Å². The maximum atomic E-state index is 13.3. The number of alkyl halides is 2. The van der Waals surface area contributed by atoms with E-state index in [0.29, 0.717) is 0 Å². The van der Waals surface area contributed by atoms with Crippen LogP contribution in [0.25, 0.3) is 0 Å². The van der Waals surface area contributed by atoms with Crippen molar-refractivity contribution in [1.29, 1.82) is 0 Å². The van der Waals surface area contributed by atoms with Gasteiger partial charge in [-0.3, -0.25) is 4.90 Å². The standard InChI is InChI=1S/C11H20F2N2O2/c1-7(14)8-5-11(12,13)6-15(8)9(16)17-10(2,3)4/h7-8H,5-6,14H2,1-4H3/t7-,8+/m0/s1. The average Bonchev–Trinajstić information content (AvgIpc) is 2.38. The van der Waals surface area contributed by atoms with Crippen LogP contribution in [0, 0.1) is 0 Å². The second-order valence-electron chi connectivity index (χ2n) is 5.59. The van der Waals surface area contributed by atoms with Crippen molar-refractivity contribution in [3.05, 3.63) is 0 Å². The number of likely N-dealkylation sites (tertiary alicyclic amines) is 1. The van der Waals surface area contributed by atoms with E-state index >= 15 is 0 Å². The molecule has 0 aromatic heterocycles. The molecule has 17 heavy (non-hydrogen) atoms. The molecular formula is C11H20F2N2O2. The van der Waals surface area contributed by atoms with Crippen LogP contribution in [0.4, 0.5) is 13.6 Å². The minimum Gasteiger partial charge on any atom is -0.444 e. The number of amides is 1. The predicted molar refractivity (Wildman–Crippen MR) is 59.9 cm³/mol. The average molecular weight is 250 g/mol. The summed E-state index contributed by atoms with van der Waals surface area (Å²) >= 11 is 0. The van der Waals surface area contributed by atoms with Crippen molar-refractivity contribution in [3.8, 4) is 0 Å². The van der Waals surface area contributed by atoms with Gasteiger partial charge in [-0.2, -0.15) is 0 Å². The summed E-state index contributed by atoms with van der Waals surface area (Å²) in [7, 11) is 0. The molecule has 1 fully saturated rings. The number of nitrogens with zero attached hydrogens (tertiary/aromatic N) is 1. The van der Waals surface area contributed by atoms with Crippen molar-refractivity contribution in [1.82, 2.24) is 4.90 Å². The fraction of sp³-hybridized carbons (Fsp3) is 0.909. The van der Waals surface area contributed by atoms with Crippen LogP contribution in [-0.2, 0) is 4.74 Å². The predicted octanol–water partition coefficient (Wildman–Crippen LogP) is 1.98. The van der Waals surface area contributed by atoms with Crippen molar-refractivity contribution < 1.29 is 18.3 Å². The molecule has 0 unspecified atom stereocenters. The van der Waals surface area contributed by atoms with E-state index in [2.05, 4.69) is 0 Å². The second kappa shape index (κ2) is 4.40. The van der Waals surface area contributed by atoms with Gasteiger partial charge in [0.25, 0.3) is 5.92 Å². The molecule has 0 radical (unpaired) electrons. The number of rotatable bonds is 1. The summed E-state index contributed by atoms with van der Waals surface area (Å²) in [6, 6.07) is -1.17. The highest BCUT2D eigenvalue weighted by Crippen LogP contribution is 2.34. The Kier molecular flexibility index (Phi) is 3.66. The zero-order valence-electron chi connectivity index (χ0n) is 10.7. The molecule has 1 aliphatic rings. The minimum absolute atomic E-state index is 0.399. The third-order valence-electron chi connectivity index (χ3n) is 2.54. The van der Waals surface area contributed by atoms with E-state index in [0.717, 1.165) is 4.90 Å². The SMILES string of the molecule is C[C@H](N)[C@H]1CC(F)(F)CN1C(=O)OC(C)(C)C. The van der Waals surface area contributed by atoms with Gasteiger partial charge in [0.2, 0.25) is 0 Å². The summed E-state index contributed by atoms with van der Waals surface area (Å²) < 4.78 is 31.7. The lowest BCUT2D eigenvalue weighted by molar-refractivity contribution is -0.00254. The first kappa shape index (κ1) is 14.2. The van der Waals surface area contributed by atoms with E-state index in [1.165, 1.54) is 0 Å². The molecule has 4 nitrogen and oxygen atoms in total. The molecule has 0 aromatic rings. The van der Waals surface area contributed by atoms with Crippen molar-refractivity contribution in [3.63, 3.8) is 0 Å². The summed E-state index contributed by atoms with van der Waals surface area (Å²) in [5, 5.41) is 0. The third-order valence-corrected chi connectivity index (χ3v) is 2.54. The molecule has 1 amide bonds. The van der Waals surface area contributed by atoms with Gasteiger partial charge >= 0.3 is 6.09 Å². The Balaban J connectivity index is 2.77. The van der Waals surface area contributed by atoms with Gasteiger partial charge in [-0.1, -0.05) is 0 Å². The van der Waals surface area contributed by atoms with E-state index in [-0.39, 0.29) is 0 Å². The molecule has 100 valence electrons. The van der Waals surface area contributed by atoms with E-state index < -0.39 is 42.7 Å². The molecule has 1 saturated heterocycles. The summed E-state index contributed by atoms with van der Waals surface area (Å²) in [6.07, 6.45) is -1.12. The number of ether oxygens (including phenoxy) is 1. The molecule has 0 saturated carbocycles. The van der Waals surface area contributed by atoms with Gasteiger partial charge in [-0.05, 0) is 27.7 Å². The van der Waals surface area contributed by atoms with Crippen LogP contribution in [0.15, 0.2) is 0 Å². The smallest absolute Gasteiger partial charge is 0.410 e. The molecule has 1 heterocycles. The van der Waals surface area contributed by atoms with E-state index in [4.69, 9.17) is 10.5 Å². The molecule has 0 bridgehead atoms. The number of nitrogens with two attached hydrogens (primary N) is 1. The van der Waals surface area contributed by atoms with Crippen LogP contribution in [-0.4, -0.2) is 41.1 Å². The molecular weight excluding hydrogens is 230 g/mol. The van der Waals surface area contributed by atoms with Crippen LogP contribution in [0.1, 0.15) is 34.1 Å². The maximum absolute atomic E-state index is 13.3. The molecule has 0 aromatic carbocycles. The highest BCUT2D eigenvalue weighted by Gasteiger charge is 2.49. The van der Waals surface area contributed by atoms with E-state index in [1.54, 1.807) is 27.7 Å². The van der Waals surface area contributed by atoms with Crippen LogP contribution >= 0.6 is 0 Å². The Labute approximate surface area is 100 Å². The Morgan fingerprint density at radius 3 is 2.47 bits per heavy atom. The third kappa shape index (κ3) is 3.80. The number of carbonyl (C=O) groups is 1. The highest BCUT2D eigenvalue weighted by atomic mass is 19.3. The van der Waals surface area contributed by atoms with Crippen LogP contribution in [0.3, 0.4) is 0 Å². The van der Waals surface area contributed by atoms with Crippen LogP contribution in [0.5, 0.6) is 0 Å². The maximum Gasteiger partial charge on any atom is 0.410 e. The molecule has 1 aliphatic heterocycles. The first-order valence-electron chi connectivity index (χ1n) is 5.65. The monoisotopic (exact) mass is 250 g/mol. The second-order valence-corrected chi connectivity index (χ2v) is 5.59. The lowest BCUT2D eigenvalue weighted by atomic mass is 10.1. The normalized spacial score (nSPS) is 25.8. The van der Waals surface area contributed by atoms with Gasteiger partial charge in [0.15, 0.2) is 0 Å². The van der Waals surface area contributed by atoms with Crippen molar-refractivity contribution in [2.24, 2.45) is 5.73 Å². The largest absolute Gasteiger partial charge is 0.444 e. The van der Waals surface area contributed by atoms with Gasteiger partial charge in [0.1, 0.15) is 5.60 Å². The van der Waals surface area contributed by atoms with Gasteiger partial charge in [-0.15, -0.1) is 0 Å². The number of hydrogen-bond donors (Lipinski definition) is 1. The number of halogens is 2. The Morgan fingerprint density at radius 2 is 2.06 bits per heavy atom. The molecule has 6 heteroatoms. The van der Waals surface area contributed by atoms with E-state index in [1.807, 2.05) is 0 Å². The molecule has 0 aliphatic carbocycles. The zero-order valence-corrected chi connectivity index (χ0v) is 10.7. The van der Waals surface area contributed by atoms with Crippen molar-refractivity contribution in [2.45, 2.75) is 57.7 Å². The lowest BCUT2D eigenvalue weighted by Gasteiger charge is -2.29. The summed E-state index contributed by atoms with van der Waals surface area (Å²) in [4.78, 5) is 12.8. The number of hydrogen-bond acceptors (Lipinski definition) is 3. The summed E-state index contributed by atoms with van der Waals surface area (Å²) in [6.45, 7) is 6.08. The quantitative estimate of drug-likeness (QED) is 0.774. The van der Waals surface area contributed by atoms with Gasteiger partial charge < -0.3 is 10.5 Å². The fourth-order valence-corrected chi connectivity index (χ4v) is 1.84. The van der Waals surface area contributed by atoms with Crippen molar-refractivity contribution >= 4 is 6.09 Å². The zero-order chi connectivity index (χ0) is 13.4. The highest BCUT2D eigenvalue weighted by molar-refractivity contribution is 5.69. The van der Waals surface area contributed by atoms with Crippen LogP contribution in [0.2, 0.25) is 0 Å². The summed E-state index contributed by atoms with van der Waals surface area (Å²) in [5.74, 6) is -2.88. The Bertz CT molecular complexity index is 300.